The Bertz CT molecular complexity index is 792. The third-order valence-corrected chi connectivity index (χ3v) is 7.12. The molecule has 1 aromatic carbocycles. The minimum absolute atomic E-state index is 0.0271. The van der Waals surface area contributed by atoms with E-state index in [9.17, 15) is 13.6 Å². The van der Waals surface area contributed by atoms with Crippen LogP contribution in [0.5, 0.6) is 0 Å². The Morgan fingerprint density at radius 1 is 1.30 bits per heavy atom. The summed E-state index contributed by atoms with van der Waals surface area (Å²) in [4.78, 5) is 13.5. The minimum atomic E-state index is -2.67. The second-order valence-corrected chi connectivity index (χ2v) is 9.81. The summed E-state index contributed by atoms with van der Waals surface area (Å²) in [6.45, 7) is 6.75. The maximum Gasteiger partial charge on any atom is 0.262 e. The van der Waals surface area contributed by atoms with Crippen LogP contribution in [0.4, 0.5) is 14.5 Å². The number of benzene rings is 1. The van der Waals surface area contributed by atoms with Crippen molar-refractivity contribution in [1.82, 2.24) is 0 Å². The van der Waals surface area contributed by atoms with Crippen LogP contribution in [0.15, 0.2) is 44.6 Å². The van der Waals surface area contributed by atoms with E-state index in [1.54, 1.807) is 6.92 Å². The Balaban J connectivity index is 1.89. The molecule has 0 aliphatic heterocycles. The van der Waals surface area contributed by atoms with Crippen molar-refractivity contribution in [2.75, 3.05) is 5.32 Å². The highest BCUT2D eigenvalue weighted by atomic mass is 79.9. The molecule has 0 heterocycles. The van der Waals surface area contributed by atoms with Crippen LogP contribution in [-0.4, -0.2) is 12.3 Å². The van der Waals surface area contributed by atoms with E-state index in [1.807, 2.05) is 12.1 Å². The summed E-state index contributed by atoms with van der Waals surface area (Å²) in [5, 5.41) is 2.90. The molecule has 0 spiro atoms. The zero-order chi connectivity index (χ0) is 19.7. The van der Waals surface area contributed by atoms with Crippen LogP contribution in [0, 0.1) is 11.8 Å². The van der Waals surface area contributed by atoms with Crippen molar-refractivity contribution in [3.63, 3.8) is 0 Å². The van der Waals surface area contributed by atoms with Gasteiger partial charge in [-0.2, -0.15) is 0 Å². The lowest BCUT2D eigenvalue weighted by molar-refractivity contribution is -0.112. The molecule has 3 unspecified atom stereocenters. The SMILES string of the molecule is C=C(C)S/C(C(=O)Nc1ccc(Br)cc1C1CC2CCC1C2)=C(\C)C(F)F. The quantitative estimate of drug-likeness (QED) is 0.463. The second-order valence-electron chi connectivity index (χ2n) is 7.58. The number of hydrogen-bond acceptors (Lipinski definition) is 2. The number of hydrogen-bond donors (Lipinski definition) is 1. The summed E-state index contributed by atoms with van der Waals surface area (Å²) < 4.78 is 27.4. The molecule has 0 aromatic heterocycles. The van der Waals surface area contributed by atoms with E-state index in [4.69, 9.17) is 0 Å². The number of amides is 1. The van der Waals surface area contributed by atoms with Gasteiger partial charge < -0.3 is 5.32 Å². The maximum atomic E-state index is 13.2. The molecule has 2 saturated carbocycles. The minimum Gasteiger partial charge on any atom is -0.321 e. The maximum absolute atomic E-state index is 13.2. The highest BCUT2D eigenvalue weighted by Crippen LogP contribution is 2.54. The van der Waals surface area contributed by atoms with E-state index in [1.165, 1.54) is 26.2 Å². The van der Waals surface area contributed by atoms with Crippen molar-refractivity contribution >= 4 is 39.3 Å². The molecule has 0 saturated heterocycles. The van der Waals surface area contributed by atoms with Gasteiger partial charge in [-0.1, -0.05) is 40.7 Å². The first-order chi connectivity index (χ1) is 12.8. The van der Waals surface area contributed by atoms with Crippen LogP contribution >= 0.6 is 27.7 Å². The number of thioether (sulfide) groups is 1. The van der Waals surface area contributed by atoms with Gasteiger partial charge in [-0.25, -0.2) is 8.78 Å². The normalized spacial score (nSPS) is 24.9. The van der Waals surface area contributed by atoms with Crippen molar-refractivity contribution in [1.29, 1.82) is 0 Å². The highest BCUT2D eigenvalue weighted by Gasteiger charge is 2.41. The van der Waals surface area contributed by atoms with Gasteiger partial charge in [0.15, 0.2) is 0 Å². The molecular weight excluding hydrogens is 432 g/mol. The molecule has 3 atom stereocenters. The molecule has 2 aliphatic rings. The number of anilines is 1. The van der Waals surface area contributed by atoms with E-state index >= 15 is 0 Å². The first-order valence-corrected chi connectivity index (χ1v) is 10.8. The molecule has 2 bridgehead atoms. The van der Waals surface area contributed by atoms with Gasteiger partial charge in [0.1, 0.15) is 0 Å². The standard InChI is InChI=1S/C21H24BrF2NOS/c1-11(2)27-19(12(3)20(23)24)21(26)25-18-7-6-15(22)10-17(18)16-9-13-4-5-14(16)8-13/h6-7,10,13-14,16,20H,1,4-5,8-9H2,2-3H3,(H,25,26)/b19-12+. The number of allylic oxidation sites excluding steroid dienone is 2. The topological polar surface area (TPSA) is 29.1 Å². The van der Waals surface area contributed by atoms with Gasteiger partial charge in [0, 0.05) is 15.7 Å². The lowest BCUT2D eigenvalue weighted by Crippen LogP contribution is -2.19. The molecule has 146 valence electrons. The number of nitrogens with one attached hydrogen (secondary N) is 1. The predicted octanol–water partition coefficient (Wildman–Crippen LogP) is 7.10. The number of fused-ring (bicyclic) bond motifs is 2. The Labute approximate surface area is 172 Å². The van der Waals surface area contributed by atoms with E-state index < -0.39 is 12.3 Å². The molecule has 2 fully saturated rings. The fraction of sp³-hybridized carbons (Fsp3) is 0.476. The van der Waals surface area contributed by atoms with Crippen molar-refractivity contribution in [2.24, 2.45) is 11.8 Å². The monoisotopic (exact) mass is 455 g/mol. The predicted molar refractivity (Wildman–Crippen MR) is 112 cm³/mol. The number of carbonyl (C=O) groups is 1. The lowest BCUT2D eigenvalue weighted by atomic mass is 9.82. The second kappa shape index (κ2) is 8.48. The number of rotatable bonds is 6. The van der Waals surface area contributed by atoms with Crippen LogP contribution in [0.3, 0.4) is 0 Å². The molecule has 0 radical (unpaired) electrons. The zero-order valence-corrected chi connectivity index (χ0v) is 17.9. The number of alkyl halides is 2. The van der Waals surface area contributed by atoms with E-state index in [0.717, 1.165) is 39.8 Å². The number of halogens is 3. The Morgan fingerprint density at radius 2 is 2.04 bits per heavy atom. The smallest absolute Gasteiger partial charge is 0.262 e. The number of carbonyl (C=O) groups excluding carboxylic acids is 1. The lowest BCUT2D eigenvalue weighted by Gasteiger charge is -2.25. The average Bonchev–Trinajstić information content (AvgIpc) is 3.23. The molecule has 1 aromatic rings. The summed E-state index contributed by atoms with van der Waals surface area (Å²) in [6.07, 6.45) is 2.25. The summed E-state index contributed by atoms with van der Waals surface area (Å²) in [7, 11) is 0. The van der Waals surface area contributed by atoms with Gasteiger partial charge in [0.25, 0.3) is 12.3 Å². The van der Waals surface area contributed by atoms with E-state index in [-0.39, 0.29) is 10.5 Å². The van der Waals surface area contributed by atoms with Crippen LogP contribution in [0.25, 0.3) is 0 Å². The first kappa shape index (κ1) is 20.6. The van der Waals surface area contributed by atoms with Crippen molar-refractivity contribution < 1.29 is 13.6 Å². The summed E-state index contributed by atoms with van der Waals surface area (Å²) in [5.74, 6) is 1.36. The Morgan fingerprint density at radius 3 is 2.59 bits per heavy atom. The zero-order valence-electron chi connectivity index (χ0n) is 15.5. The third kappa shape index (κ3) is 4.65. The molecule has 1 amide bonds. The Kier molecular flexibility index (Phi) is 6.46. The molecule has 3 rings (SSSR count). The average molecular weight is 456 g/mol. The molecular formula is C21H24BrF2NOS. The van der Waals surface area contributed by atoms with Gasteiger partial charge in [-0.05, 0) is 79.5 Å². The first-order valence-electron chi connectivity index (χ1n) is 9.19. The van der Waals surface area contributed by atoms with Crippen LogP contribution in [0.2, 0.25) is 0 Å². The van der Waals surface area contributed by atoms with Gasteiger partial charge in [-0.15, -0.1) is 0 Å². The van der Waals surface area contributed by atoms with Crippen molar-refractivity contribution in [2.45, 2.75) is 51.9 Å². The van der Waals surface area contributed by atoms with E-state index in [2.05, 4.69) is 33.9 Å². The summed E-state index contributed by atoms with van der Waals surface area (Å²) in [6, 6.07) is 5.81. The molecule has 2 nitrogen and oxygen atoms in total. The van der Waals surface area contributed by atoms with Gasteiger partial charge >= 0.3 is 0 Å². The van der Waals surface area contributed by atoms with Crippen molar-refractivity contribution in [3.8, 4) is 0 Å². The molecule has 2 aliphatic carbocycles. The fourth-order valence-corrected chi connectivity index (χ4v) is 5.46. The van der Waals surface area contributed by atoms with Gasteiger partial charge in [0.05, 0.1) is 4.91 Å². The van der Waals surface area contributed by atoms with Gasteiger partial charge in [0.2, 0.25) is 0 Å². The summed E-state index contributed by atoms with van der Waals surface area (Å²) >= 11 is 4.53. The summed E-state index contributed by atoms with van der Waals surface area (Å²) in [5.41, 5.74) is 1.61. The third-order valence-electron chi connectivity index (χ3n) is 5.57. The molecule has 27 heavy (non-hydrogen) atoms. The van der Waals surface area contributed by atoms with Crippen LogP contribution in [-0.2, 0) is 4.79 Å². The largest absolute Gasteiger partial charge is 0.321 e. The molecule has 6 heteroatoms. The highest BCUT2D eigenvalue weighted by molar-refractivity contribution is 9.10. The van der Waals surface area contributed by atoms with E-state index in [0.29, 0.717) is 16.7 Å². The Hall–Kier alpha value is -1.14. The van der Waals surface area contributed by atoms with Crippen LogP contribution < -0.4 is 5.32 Å². The fourth-order valence-electron chi connectivity index (χ4n) is 4.34. The van der Waals surface area contributed by atoms with Gasteiger partial charge in [-0.3, -0.25) is 4.79 Å². The van der Waals surface area contributed by atoms with Crippen LogP contribution in [0.1, 0.15) is 51.0 Å². The van der Waals surface area contributed by atoms with Crippen molar-refractivity contribution in [3.05, 3.63) is 50.2 Å². The molecule has 1 N–H and O–H groups in total.